The molecule has 9 heteroatoms. The van der Waals surface area contributed by atoms with Crippen LogP contribution in [0.2, 0.25) is 5.02 Å². The van der Waals surface area contributed by atoms with Crippen molar-refractivity contribution in [1.29, 1.82) is 5.26 Å². The fourth-order valence-corrected chi connectivity index (χ4v) is 3.97. The first-order valence-electron chi connectivity index (χ1n) is 9.81. The van der Waals surface area contributed by atoms with Crippen molar-refractivity contribution < 1.29 is 18.0 Å². The SMILES string of the molecule is N#Cc1cccc(-c2cc(Cl)ccc2N2Cc3ccc(-c4nnc(C(F)F)o4)cc3C2=O)c1. The largest absolute Gasteiger partial charge is 0.415 e. The van der Waals surface area contributed by atoms with E-state index in [1.807, 2.05) is 6.07 Å². The Balaban J connectivity index is 1.53. The summed E-state index contributed by atoms with van der Waals surface area (Å²) in [6.07, 6.45) is -2.87. The van der Waals surface area contributed by atoms with Gasteiger partial charge in [-0.25, -0.2) is 0 Å². The van der Waals surface area contributed by atoms with Gasteiger partial charge in [-0.3, -0.25) is 4.79 Å². The molecule has 1 aliphatic rings. The number of amides is 1. The van der Waals surface area contributed by atoms with Crippen molar-refractivity contribution in [2.45, 2.75) is 13.0 Å². The Morgan fingerprint density at radius 3 is 2.64 bits per heavy atom. The fourth-order valence-electron chi connectivity index (χ4n) is 3.80. The van der Waals surface area contributed by atoms with Crippen molar-refractivity contribution in [3.8, 4) is 28.7 Å². The molecule has 5 rings (SSSR count). The zero-order valence-electron chi connectivity index (χ0n) is 16.8. The smallest absolute Gasteiger partial charge is 0.314 e. The molecule has 162 valence electrons. The number of halogens is 3. The molecule has 0 saturated heterocycles. The van der Waals surface area contributed by atoms with Crippen molar-refractivity contribution >= 4 is 23.2 Å². The topological polar surface area (TPSA) is 83.0 Å². The van der Waals surface area contributed by atoms with E-state index in [0.29, 0.717) is 39.5 Å². The third kappa shape index (κ3) is 3.73. The molecule has 4 aromatic rings. The zero-order chi connectivity index (χ0) is 23.1. The van der Waals surface area contributed by atoms with Crippen LogP contribution in [0.3, 0.4) is 0 Å². The Morgan fingerprint density at radius 2 is 1.88 bits per heavy atom. The average molecular weight is 463 g/mol. The van der Waals surface area contributed by atoms with Crippen LogP contribution < -0.4 is 4.90 Å². The van der Waals surface area contributed by atoms with Crippen molar-refractivity contribution in [2.75, 3.05) is 4.90 Å². The average Bonchev–Trinajstić information content (AvgIpc) is 3.44. The number of carbonyl (C=O) groups excluding carboxylic acids is 1. The summed E-state index contributed by atoms with van der Waals surface area (Å²) in [5.41, 5.74) is 4.14. The van der Waals surface area contributed by atoms with Crippen LogP contribution in [0.5, 0.6) is 0 Å². The van der Waals surface area contributed by atoms with Crippen LogP contribution in [0.15, 0.2) is 65.1 Å². The fraction of sp³-hybridized carbons (Fsp3) is 0.0833. The first kappa shape index (κ1) is 20.8. The van der Waals surface area contributed by atoms with Crippen LogP contribution in [0.25, 0.3) is 22.6 Å². The highest BCUT2D eigenvalue weighted by molar-refractivity contribution is 6.31. The number of hydrogen-bond acceptors (Lipinski definition) is 5. The van der Waals surface area contributed by atoms with Gasteiger partial charge < -0.3 is 9.32 Å². The van der Waals surface area contributed by atoms with E-state index in [2.05, 4.69) is 16.3 Å². The van der Waals surface area contributed by atoms with Gasteiger partial charge in [-0.1, -0.05) is 29.8 Å². The molecular formula is C24H13ClF2N4O2. The zero-order valence-corrected chi connectivity index (χ0v) is 17.6. The molecule has 0 N–H and O–H groups in total. The van der Waals surface area contributed by atoms with Crippen molar-refractivity contribution in [3.63, 3.8) is 0 Å². The highest BCUT2D eigenvalue weighted by Crippen LogP contribution is 2.39. The minimum atomic E-state index is -2.87. The second-order valence-corrected chi connectivity index (χ2v) is 7.80. The monoisotopic (exact) mass is 462 g/mol. The Labute approximate surface area is 191 Å². The molecular weight excluding hydrogens is 450 g/mol. The number of rotatable bonds is 4. The number of alkyl halides is 2. The summed E-state index contributed by atoms with van der Waals surface area (Å²) < 4.78 is 30.6. The van der Waals surface area contributed by atoms with Crippen LogP contribution in [0.1, 0.15) is 33.8 Å². The molecule has 33 heavy (non-hydrogen) atoms. The van der Waals surface area contributed by atoms with Crippen molar-refractivity contribution in [1.82, 2.24) is 10.2 Å². The number of carbonyl (C=O) groups is 1. The molecule has 0 bridgehead atoms. The maximum Gasteiger partial charge on any atom is 0.314 e. The van der Waals surface area contributed by atoms with Gasteiger partial charge in [0.1, 0.15) is 0 Å². The minimum absolute atomic E-state index is 0.0835. The van der Waals surface area contributed by atoms with Gasteiger partial charge in [0.25, 0.3) is 11.8 Å². The number of anilines is 1. The summed E-state index contributed by atoms with van der Waals surface area (Å²) in [5.74, 6) is -1.12. The molecule has 0 spiro atoms. The molecule has 6 nitrogen and oxygen atoms in total. The quantitative estimate of drug-likeness (QED) is 0.370. The second-order valence-electron chi connectivity index (χ2n) is 7.36. The lowest BCUT2D eigenvalue weighted by Gasteiger charge is -2.20. The van der Waals surface area contributed by atoms with E-state index in [1.165, 1.54) is 0 Å². The number of fused-ring (bicyclic) bond motifs is 1. The summed E-state index contributed by atoms with van der Waals surface area (Å²) in [4.78, 5) is 14.9. The van der Waals surface area contributed by atoms with Crippen molar-refractivity contribution in [3.05, 3.63) is 88.3 Å². The van der Waals surface area contributed by atoms with E-state index in [0.717, 1.165) is 11.1 Å². The molecule has 2 heterocycles. The van der Waals surface area contributed by atoms with Gasteiger partial charge in [0, 0.05) is 21.7 Å². The summed E-state index contributed by atoms with van der Waals surface area (Å²) in [6, 6.07) is 19.3. The standard InChI is InChI=1S/C24H13ClF2N4O2/c25-17-6-7-20(18(10-17)14-3-1-2-13(8-14)11-28)31-12-16-5-4-15(9-19(16)24(31)32)22-29-30-23(33-22)21(26)27/h1-10,21H,12H2. The normalized spacial score (nSPS) is 12.8. The highest BCUT2D eigenvalue weighted by atomic mass is 35.5. The van der Waals surface area contributed by atoms with Crippen LogP contribution in [0.4, 0.5) is 14.5 Å². The molecule has 1 amide bonds. The Bertz CT molecular complexity index is 1440. The number of aromatic nitrogens is 2. The summed E-state index contributed by atoms with van der Waals surface area (Å²) in [5, 5.41) is 16.7. The minimum Gasteiger partial charge on any atom is -0.415 e. The van der Waals surface area contributed by atoms with Gasteiger partial charge in [-0.15, -0.1) is 10.2 Å². The summed E-state index contributed by atoms with van der Waals surface area (Å²) in [6.45, 7) is 0.313. The van der Waals surface area contributed by atoms with Gasteiger partial charge in [0.2, 0.25) is 5.89 Å². The maximum atomic E-state index is 13.3. The van der Waals surface area contributed by atoms with E-state index >= 15 is 0 Å². The first-order chi connectivity index (χ1) is 15.9. The number of hydrogen-bond donors (Lipinski definition) is 0. The maximum absolute atomic E-state index is 13.3. The van der Waals surface area contributed by atoms with E-state index < -0.39 is 12.3 Å². The number of benzene rings is 3. The van der Waals surface area contributed by atoms with Gasteiger partial charge >= 0.3 is 6.43 Å². The van der Waals surface area contributed by atoms with Crippen molar-refractivity contribution in [2.24, 2.45) is 0 Å². The summed E-state index contributed by atoms with van der Waals surface area (Å²) in [7, 11) is 0. The molecule has 1 aliphatic heterocycles. The molecule has 0 saturated carbocycles. The third-order valence-electron chi connectivity index (χ3n) is 5.34. The second kappa shape index (κ2) is 8.11. The van der Waals surface area contributed by atoms with E-state index in [1.54, 1.807) is 59.5 Å². The Hall–Kier alpha value is -4.09. The molecule has 0 unspecified atom stereocenters. The van der Waals surface area contributed by atoms with Gasteiger partial charge in [-0.2, -0.15) is 14.0 Å². The summed E-state index contributed by atoms with van der Waals surface area (Å²) >= 11 is 6.24. The van der Waals surface area contributed by atoms with Crippen LogP contribution in [0, 0.1) is 11.3 Å². The van der Waals surface area contributed by atoms with E-state index in [4.69, 9.17) is 16.0 Å². The predicted molar refractivity (Wildman–Crippen MR) is 117 cm³/mol. The highest BCUT2D eigenvalue weighted by Gasteiger charge is 2.31. The number of nitrogens with zero attached hydrogens (tertiary/aromatic N) is 4. The van der Waals surface area contributed by atoms with Gasteiger partial charge in [0.05, 0.1) is 23.9 Å². The first-order valence-corrected chi connectivity index (χ1v) is 10.2. The Morgan fingerprint density at radius 1 is 1.03 bits per heavy atom. The molecule has 0 atom stereocenters. The van der Waals surface area contributed by atoms with Gasteiger partial charge in [0.15, 0.2) is 0 Å². The molecule has 3 aromatic carbocycles. The molecule has 0 aliphatic carbocycles. The van der Waals surface area contributed by atoms with Crippen LogP contribution >= 0.6 is 11.6 Å². The Kier molecular flexibility index (Phi) is 5.11. The third-order valence-corrected chi connectivity index (χ3v) is 5.58. The predicted octanol–water partition coefficient (Wildman–Crippen LogP) is 6.03. The number of nitriles is 1. The van der Waals surface area contributed by atoms with Crippen LogP contribution in [-0.4, -0.2) is 16.1 Å². The lowest BCUT2D eigenvalue weighted by Crippen LogP contribution is -2.23. The lowest BCUT2D eigenvalue weighted by molar-refractivity contribution is 0.0996. The molecule has 0 fully saturated rings. The van der Waals surface area contributed by atoms with E-state index in [9.17, 15) is 18.8 Å². The molecule has 0 radical (unpaired) electrons. The van der Waals surface area contributed by atoms with E-state index in [-0.39, 0.29) is 11.8 Å². The molecule has 1 aromatic heterocycles. The lowest BCUT2D eigenvalue weighted by atomic mass is 10.0. The van der Waals surface area contributed by atoms with Gasteiger partial charge in [-0.05, 0) is 53.6 Å². The van der Waals surface area contributed by atoms with Crippen LogP contribution in [-0.2, 0) is 6.54 Å².